The van der Waals surface area contributed by atoms with Gasteiger partial charge in [-0.1, -0.05) is 96.7 Å². The molecular weight excluding hydrogens is 336 g/mol. The molecule has 0 saturated carbocycles. The number of aryl methyl sites for hydroxylation is 1. The van der Waals surface area contributed by atoms with E-state index in [0.717, 1.165) is 10.9 Å². The van der Waals surface area contributed by atoms with E-state index in [-0.39, 0.29) is 12.1 Å². The van der Waals surface area contributed by atoms with Gasteiger partial charge in [0, 0.05) is 5.75 Å². The Bertz CT molecular complexity index is 890. The summed E-state index contributed by atoms with van der Waals surface area (Å²) in [5, 5.41) is 4.68. The van der Waals surface area contributed by atoms with Crippen LogP contribution in [0.15, 0.2) is 89.9 Å². The van der Waals surface area contributed by atoms with Gasteiger partial charge in [0.1, 0.15) is 6.04 Å². The van der Waals surface area contributed by atoms with Crippen molar-refractivity contribution in [3.05, 3.63) is 107 Å². The van der Waals surface area contributed by atoms with Crippen molar-refractivity contribution in [1.82, 2.24) is 5.32 Å². The van der Waals surface area contributed by atoms with E-state index in [4.69, 9.17) is 4.99 Å². The molecule has 0 amide bonds. The summed E-state index contributed by atoms with van der Waals surface area (Å²) in [6, 6.07) is 30.0. The molecular formula is C23H22N2S. The van der Waals surface area contributed by atoms with E-state index in [2.05, 4.69) is 97.2 Å². The largest absolute Gasteiger partial charge is 0.356 e. The highest BCUT2D eigenvalue weighted by molar-refractivity contribution is 8.13. The van der Waals surface area contributed by atoms with Crippen molar-refractivity contribution in [2.45, 2.75) is 24.8 Å². The van der Waals surface area contributed by atoms with Crippen LogP contribution in [0.25, 0.3) is 0 Å². The van der Waals surface area contributed by atoms with E-state index in [0.29, 0.717) is 0 Å². The average molecular weight is 359 g/mol. The van der Waals surface area contributed by atoms with Crippen LogP contribution in [0.2, 0.25) is 0 Å². The molecule has 0 bridgehead atoms. The quantitative estimate of drug-likeness (QED) is 0.650. The molecule has 0 radical (unpaired) electrons. The maximum absolute atomic E-state index is 5.03. The van der Waals surface area contributed by atoms with Crippen LogP contribution in [0.3, 0.4) is 0 Å². The van der Waals surface area contributed by atoms with Crippen LogP contribution in [0.1, 0.15) is 34.3 Å². The van der Waals surface area contributed by atoms with Crippen molar-refractivity contribution < 1.29 is 0 Å². The molecule has 2 nitrogen and oxygen atoms in total. The van der Waals surface area contributed by atoms with Crippen LogP contribution in [0.5, 0.6) is 0 Å². The first-order valence-electron chi connectivity index (χ1n) is 8.93. The van der Waals surface area contributed by atoms with Crippen LogP contribution in [-0.2, 0) is 5.75 Å². The van der Waals surface area contributed by atoms with E-state index >= 15 is 0 Å². The summed E-state index contributed by atoms with van der Waals surface area (Å²) in [7, 11) is 0. The second kappa shape index (κ2) is 7.79. The van der Waals surface area contributed by atoms with E-state index in [1.54, 1.807) is 11.8 Å². The van der Waals surface area contributed by atoms with E-state index in [1.807, 2.05) is 0 Å². The molecule has 3 aromatic carbocycles. The lowest BCUT2D eigenvalue weighted by Gasteiger charge is -2.19. The van der Waals surface area contributed by atoms with Crippen molar-refractivity contribution in [2.75, 3.05) is 0 Å². The summed E-state index contributed by atoms with van der Waals surface area (Å²) in [6.45, 7) is 2.17. The summed E-state index contributed by atoms with van der Waals surface area (Å²) < 4.78 is 0. The predicted molar refractivity (Wildman–Crippen MR) is 111 cm³/mol. The lowest BCUT2D eigenvalue weighted by molar-refractivity contribution is 0.573. The highest BCUT2D eigenvalue weighted by Crippen LogP contribution is 2.38. The van der Waals surface area contributed by atoms with Crippen LogP contribution in [-0.4, -0.2) is 5.17 Å². The maximum Gasteiger partial charge on any atom is 0.158 e. The third-order valence-corrected chi connectivity index (χ3v) is 5.73. The number of nitrogens with zero attached hydrogens (tertiary/aromatic N) is 1. The molecule has 1 N–H and O–H groups in total. The zero-order valence-electron chi connectivity index (χ0n) is 14.8. The van der Waals surface area contributed by atoms with E-state index in [1.165, 1.54) is 22.3 Å². The number of rotatable bonds is 4. The van der Waals surface area contributed by atoms with Gasteiger partial charge in [-0.3, -0.25) is 4.99 Å². The maximum atomic E-state index is 5.03. The van der Waals surface area contributed by atoms with Gasteiger partial charge in [0.15, 0.2) is 5.17 Å². The van der Waals surface area contributed by atoms with Crippen molar-refractivity contribution >= 4 is 16.9 Å². The van der Waals surface area contributed by atoms with Gasteiger partial charge in [-0.25, -0.2) is 0 Å². The third-order valence-electron chi connectivity index (χ3n) is 4.78. The van der Waals surface area contributed by atoms with Crippen molar-refractivity contribution in [3.8, 4) is 0 Å². The molecule has 1 aliphatic rings. The Morgan fingerprint density at radius 2 is 1.42 bits per heavy atom. The van der Waals surface area contributed by atoms with E-state index < -0.39 is 0 Å². The first-order valence-corrected chi connectivity index (χ1v) is 9.91. The molecule has 130 valence electrons. The average Bonchev–Trinajstić information content (AvgIpc) is 3.13. The zero-order chi connectivity index (χ0) is 17.8. The number of hydrogen-bond acceptors (Lipinski definition) is 3. The summed E-state index contributed by atoms with van der Waals surface area (Å²) in [5.74, 6) is 0.932. The first kappa shape index (κ1) is 16.9. The first-order chi connectivity index (χ1) is 12.8. The van der Waals surface area contributed by atoms with Crippen molar-refractivity contribution in [2.24, 2.45) is 4.99 Å². The Morgan fingerprint density at radius 3 is 2.12 bits per heavy atom. The Hall–Kier alpha value is -2.52. The standard InChI is InChI=1S/C23H22N2S/c1-17-10-8-9-15-20(17)16-26-23-24-21(18-11-4-2-5-12-18)22(25-23)19-13-6-3-7-14-19/h2-15,21-22H,16H2,1H3,(H,24,25)/t21-,22+. The molecule has 3 aromatic rings. The Labute approximate surface area is 159 Å². The topological polar surface area (TPSA) is 24.4 Å². The molecule has 3 heteroatoms. The molecule has 0 aliphatic carbocycles. The molecule has 1 aliphatic heterocycles. The van der Waals surface area contributed by atoms with E-state index in [9.17, 15) is 0 Å². The summed E-state index contributed by atoms with van der Waals surface area (Å²) in [6.07, 6.45) is 0. The van der Waals surface area contributed by atoms with Gasteiger partial charge in [-0.15, -0.1) is 0 Å². The number of amidine groups is 1. The highest BCUT2D eigenvalue weighted by atomic mass is 32.2. The van der Waals surface area contributed by atoms with Gasteiger partial charge in [-0.05, 0) is 29.2 Å². The molecule has 0 fully saturated rings. The van der Waals surface area contributed by atoms with Gasteiger partial charge >= 0.3 is 0 Å². The van der Waals surface area contributed by atoms with Crippen LogP contribution in [0, 0.1) is 6.92 Å². The van der Waals surface area contributed by atoms with Crippen LogP contribution >= 0.6 is 11.8 Å². The van der Waals surface area contributed by atoms with Gasteiger partial charge < -0.3 is 5.32 Å². The minimum absolute atomic E-state index is 0.109. The fourth-order valence-electron chi connectivity index (χ4n) is 3.29. The number of thioether (sulfide) groups is 1. The molecule has 0 saturated heterocycles. The SMILES string of the molecule is Cc1ccccc1CSC1=N[C@@H](c2ccccc2)[C@@H](c2ccccc2)N1. The number of aliphatic imine (C=N–C) groups is 1. The molecule has 0 aromatic heterocycles. The fourth-order valence-corrected chi connectivity index (χ4v) is 4.30. The fraction of sp³-hybridized carbons (Fsp3) is 0.174. The summed E-state index contributed by atoms with van der Waals surface area (Å²) in [4.78, 5) is 5.03. The molecule has 0 spiro atoms. The highest BCUT2D eigenvalue weighted by Gasteiger charge is 2.31. The lowest BCUT2D eigenvalue weighted by Crippen LogP contribution is -2.22. The minimum Gasteiger partial charge on any atom is -0.356 e. The van der Waals surface area contributed by atoms with Crippen molar-refractivity contribution in [1.29, 1.82) is 0 Å². The Kier molecular flexibility index (Phi) is 5.07. The van der Waals surface area contributed by atoms with Gasteiger partial charge in [0.25, 0.3) is 0 Å². The monoisotopic (exact) mass is 358 g/mol. The Morgan fingerprint density at radius 1 is 0.808 bits per heavy atom. The number of nitrogens with one attached hydrogen (secondary N) is 1. The smallest absolute Gasteiger partial charge is 0.158 e. The van der Waals surface area contributed by atoms with Gasteiger partial charge in [0.2, 0.25) is 0 Å². The molecule has 0 unspecified atom stereocenters. The summed E-state index contributed by atoms with van der Waals surface area (Å²) in [5.41, 5.74) is 5.22. The molecule has 2 atom stereocenters. The normalized spacial score (nSPS) is 19.0. The van der Waals surface area contributed by atoms with Gasteiger partial charge in [0.05, 0.1) is 6.04 Å². The molecule has 4 rings (SSSR count). The second-order valence-electron chi connectivity index (χ2n) is 6.54. The summed E-state index contributed by atoms with van der Waals surface area (Å²) >= 11 is 1.79. The molecule has 26 heavy (non-hydrogen) atoms. The zero-order valence-corrected chi connectivity index (χ0v) is 15.6. The lowest BCUT2D eigenvalue weighted by atomic mass is 9.95. The second-order valence-corrected chi connectivity index (χ2v) is 7.50. The third kappa shape index (κ3) is 3.68. The van der Waals surface area contributed by atoms with Crippen LogP contribution < -0.4 is 5.32 Å². The minimum atomic E-state index is 0.109. The predicted octanol–water partition coefficient (Wildman–Crippen LogP) is 5.67. The number of hydrogen-bond donors (Lipinski definition) is 1. The van der Waals surface area contributed by atoms with Gasteiger partial charge in [-0.2, -0.15) is 0 Å². The van der Waals surface area contributed by atoms with Crippen molar-refractivity contribution in [3.63, 3.8) is 0 Å². The van der Waals surface area contributed by atoms with Crippen LogP contribution in [0.4, 0.5) is 0 Å². The Balaban J connectivity index is 1.57. The number of benzene rings is 3. The molecule has 1 heterocycles.